The maximum Gasteiger partial charge on any atom is 0.234 e. The number of nitrogens with two attached hydrogens (primary N) is 1. The topological polar surface area (TPSA) is 85.8 Å². The lowest BCUT2D eigenvalue weighted by molar-refractivity contribution is -0.113. The Labute approximate surface area is 152 Å². The Kier molecular flexibility index (Phi) is 5.20. The molecule has 3 rings (SSSR count). The van der Waals surface area contributed by atoms with Crippen LogP contribution < -0.4 is 11.2 Å². The van der Waals surface area contributed by atoms with Crippen molar-refractivity contribution >= 4 is 35.0 Å². The molecule has 0 fully saturated rings. The lowest BCUT2D eigenvalue weighted by Gasteiger charge is -2.07. The summed E-state index contributed by atoms with van der Waals surface area (Å²) in [6, 6.07) is 13.1. The quantitative estimate of drug-likeness (QED) is 0.527. The van der Waals surface area contributed by atoms with Crippen molar-refractivity contribution in [1.82, 2.24) is 14.9 Å². The first-order valence-electron chi connectivity index (χ1n) is 7.18. The average Bonchev–Trinajstić information content (AvgIpc) is 2.97. The normalized spacial score (nSPS) is 10.6. The molecule has 1 heterocycles. The summed E-state index contributed by atoms with van der Waals surface area (Å²) in [6.45, 7) is 0. The van der Waals surface area contributed by atoms with Crippen LogP contribution in [0.25, 0.3) is 11.4 Å². The summed E-state index contributed by atoms with van der Waals surface area (Å²) >= 11 is 7.01. The van der Waals surface area contributed by atoms with Crippen LogP contribution >= 0.6 is 23.4 Å². The second-order valence-corrected chi connectivity index (χ2v) is 6.35. The first-order valence-corrected chi connectivity index (χ1v) is 8.54. The highest BCUT2D eigenvalue weighted by molar-refractivity contribution is 7.99. The standard InChI is InChI=1S/C16H13ClFN5OS/c17-12-8-11(18)6-7-13(12)20-14(24)9-25-16-22-21-15(23(16)19)10-4-2-1-3-5-10/h1-8H,9,19H2,(H,20,24). The monoisotopic (exact) mass is 377 g/mol. The zero-order valence-corrected chi connectivity index (χ0v) is 14.4. The molecule has 0 aliphatic heterocycles. The number of thioether (sulfide) groups is 1. The Morgan fingerprint density at radius 1 is 1.24 bits per heavy atom. The third-order valence-corrected chi connectivity index (χ3v) is 4.49. The van der Waals surface area contributed by atoms with Crippen LogP contribution in [0.15, 0.2) is 53.7 Å². The summed E-state index contributed by atoms with van der Waals surface area (Å²) in [5.41, 5.74) is 1.17. The smallest absolute Gasteiger partial charge is 0.234 e. The molecule has 0 aliphatic carbocycles. The molecule has 1 amide bonds. The average molecular weight is 378 g/mol. The van der Waals surface area contributed by atoms with Gasteiger partial charge in [0.2, 0.25) is 11.1 Å². The molecule has 0 spiro atoms. The van der Waals surface area contributed by atoms with Crippen molar-refractivity contribution in [3.63, 3.8) is 0 Å². The van der Waals surface area contributed by atoms with Gasteiger partial charge in [0.05, 0.1) is 16.5 Å². The lowest BCUT2D eigenvalue weighted by Crippen LogP contribution is -2.16. The van der Waals surface area contributed by atoms with Gasteiger partial charge in [-0.05, 0) is 18.2 Å². The Bertz CT molecular complexity index is 903. The predicted molar refractivity (Wildman–Crippen MR) is 96.4 cm³/mol. The first-order chi connectivity index (χ1) is 12.0. The minimum Gasteiger partial charge on any atom is -0.335 e. The zero-order chi connectivity index (χ0) is 17.8. The lowest BCUT2D eigenvalue weighted by atomic mass is 10.2. The highest BCUT2D eigenvalue weighted by atomic mass is 35.5. The van der Waals surface area contributed by atoms with E-state index in [4.69, 9.17) is 17.4 Å². The van der Waals surface area contributed by atoms with Crippen LogP contribution in [-0.2, 0) is 4.79 Å². The van der Waals surface area contributed by atoms with Crippen molar-refractivity contribution in [2.45, 2.75) is 5.16 Å². The number of anilines is 1. The van der Waals surface area contributed by atoms with Crippen LogP contribution in [-0.4, -0.2) is 26.5 Å². The summed E-state index contributed by atoms with van der Waals surface area (Å²) in [4.78, 5) is 12.0. The minimum atomic E-state index is -0.470. The summed E-state index contributed by atoms with van der Waals surface area (Å²) < 4.78 is 14.3. The van der Waals surface area contributed by atoms with Crippen LogP contribution in [0.5, 0.6) is 0 Å². The van der Waals surface area contributed by atoms with E-state index >= 15 is 0 Å². The third kappa shape index (κ3) is 4.09. The highest BCUT2D eigenvalue weighted by Gasteiger charge is 2.14. The third-order valence-electron chi connectivity index (χ3n) is 3.23. The van der Waals surface area contributed by atoms with Crippen molar-refractivity contribution in [2.75, 3.05) is 16.9 Å². The van der Waals surface area contributed by atoms with Gasteiger partial charge in [-0.25, -0.2) is 9.07 Å². The largest absolute Gasteiger partial charge is 0.335 e. The molecule has 6 nitrogen and oxygen atoms in total. The van der Waals surface area contributed by atoms with E-state index in [0.29, 0.717) is 16.7 Å². The molecule has 0 saturated heterocycles. The second-order valence-electron chi connectivity index (χ2n) is 5.00. The Balaban J connectivity index is 1.64. The zero-order valence-electron chi connectivity index (χ0n) is 12.8. The number of hydrogen-bond acceptors (Lipinski definition) is 5. The fourth-order valence-electron chi connectivity index (χ4n) is 2.07. The fourth-order valence-corrected chi connectivity index (χ4v) is 2.94. The molecular formula is C16H13ClFN5OS. The maximum absolute atomic E-state index is 13.0. The van der Waals surface area contributed by atoms with Gasteiger partial charge in [-0.15, -0.1) is 10.2 Å². The molecule has 3 aromatic rings. The molecule has 3 N–H and O–H groups in total. The molecule has 0 atom stereocenters. The van der Waals surface area contributed by atoms with Gasteiger partial charge in [-0.1, -0.05) is 53.7 Å². The summed E-state index contributed by atoms with van der Waals surface area (Å²) in [7, 11) is 0. The maximum atomic E-state index is 13.0. The fraction of sp³-hybridized carbons (Fsp3) is 0.0625. The summed E-state index contributed by atoms with van der Waals surface area (Å²) in [6.07, 6.45) is 0. The first kappa shape index (κ1) is 17.2. The second kappa shape index (κ2) is 7.54. The number of amides is 1. The van der Waals surface area contributed by atoms with Crippen molar-refractivity contribution < 1.29 is 9.18 Å². The van der Waals surface area contributed by atoms with Crippen molar-refractivity contribution in [3.05, 3.63) is 59.4 Å². The van der Waals surface area contributed by atoms with Crippen LogP contribution in [0.2, 0.25) is 5.02 Å². The van der Waals surface area contributed by atoms with Gasteiger partial charge in [0.15, 0.2) is 5.82 Å². The molecule has 0 bridgehead atoms. The molecular weight excluding hydrogens is 365 g/mol. The Hall–Kier alpha value is -2.58. The molecule has 0 saturated carbocycles. The summed E-state index contributed by atoms with van der Waals surface area (Å²) in [5, 5.41) is 11.2. The van der Waals surface area contributed by atoms with Gasteiger partial charge in [-0.2, -0.15) is 0 Å². The van der Waals surface area contributed by atoms with E-state index in [1.165, 1.54) is 16.8 Å². The van der Waals surface area contributed by atoms with Crippen LogP contribution in [0.4, 0.5) is 10.1 Å². The number of hydrogen-bond donors (Lipinski definition) is 2. The highest BCUT2D eigenvalue weighted by Crippen LogP contribution is 2.24. The van der Waals surface area contributed by atoms with Crippen LogP contribution in [0.3, 0.4) is 0 Å². The molecule has 0 radical (unpaired) electrons. The number of benzene rings is 2. The van der Waals surface area contributed by atoms with Crippen molar-refractivity contribution in [3.8, 4) is 11.4 Å². The van der Waals surface area contributed by atoms with Crippen LogP contribution in [0.1, 0.15) is 0 Å². The Morgan fingerprint density at radius 3 is 2.72 bits per heavy atom. The van der Waals surface area contributed by atoms with Crippen LogP contribution in [0, 0.1) is 5.82 Å². The number of nitrogens with one attached hydrogen (secondary N) is 1. The number of nitrogens with zero attached hydrogens (tertiary/aromatic N) is 3. The van der Waals surface area contributed by atoms with Gasteiger partial charge in [0.1, 0.15) is 5.82 Å². The number of nitrogen functional groups attached to an aromatic ring is 1. The van der Waals surface area contributed by atoms with E-state index < -0.39 is 5.82 Å². The van der Waals surface area contributed by atoms with E-state index in [1.54, 1.807) is 0 Å². The van der Waals surface area contributed by atoms with E-state index in [1.807, 2.05) is 30.3 Å². The molecule has 1 aromatic heterocycles. The SMILES string of the molecule is Nn1c(SCC(=O)Nc2ccc(F)cc2Cl)nnc1-c1ccccc1. The Morgan fingerprint density at radius 2 is 2.00 bits per heavy atom. The van der Waals surface area contributed by atoms with Gasteiger partial charge in [0.25, 0.3) is 0 Å². The van der Waals surface area contributed by atoms with Gasteiger partial charge in [0, 0.05) is 5.56 Å². The van der Waals surface area contributed by atoms with Gasteiger partial charge < -0.3 is 11.2 Å². The van der Waals surface area contributed by atoms with E-state index in [2.05, 4.69) is 15.5 Å². The van der Waals surface area contributed by atoms with Gasteiger partial charge >= 0.3 is 0 Å². The number of aromatic nitrogens is 3. The predicted octanol–water partition coefficient (Wildman–Crippen LogP) is 3.18. The number of carbonyl (C=O) groups excluding carboxylic acids is 1. The number of rotatable bonds is 5. The molecule has 25 heavy (non-hydrogen) atoms. The van der Waals surface area contributed by atoms with Gasteiger partial charge in [-0.3, -0.25) is 4.79 Å². The van der Waals surface area contributed by atoms with E-state index in [9.17, 15) is 9.18 Å². The van der Waals surface area contributed by atoms with Crippen molar-refractivity contribution in [1.29, 1.82) is 0 Å². The molecule has 2 aromatic carbocycles. The van der Waals surface area contributed by atoms with E-state index in [-0.39, 0.29) is 16.7 Å². The number of halogens is 2. The molecule has 9 heteroatoms. The number of carbonyl (C=O) groups is 1. The molecule has 0 aliphatic rings. The molecule has 0 unspecified atom stereocenters. The van der Waals surface area contributed by atoms with Crippen molar-refractivity contribution in [2.24, 2.45) is 0 Å². The van der Waals surface area contributed by atoms with E-state index in [0.717, 1.165) is 23.4 Å². The minimum absolute atomic E-state index is 0.0534. The molecule has 128 valence electrons. The summed E-state index contributed by atoms with van der Waals surface area (Å²) in [5.74, 6) is 5.76.